The molecule has 0 unspecified atom stereocenters. The summed E-state index contributed by atoms with van der Waals surface area (Å²) < 4.78 is 91.6. The minimum Gasteiger partial charge on any atom is -0.339 e. The Morgan fingerprint density at radius 2 is 1.56 bits per heavy atom. The molecule has 0 aliphatic carbocycles. The van der Waals surface area contributed by atoms with Crippen LogP contribution in [-0.2, 0) is 25.9 Å². The molecule has 1 aliphatic rings. The van der Waals surface area contributed by atoms with E-state index in [0.717, 1.165) is 24.5 Å². The third-order valence-corrected chi connectivity index (χ3v) is 11.4. The second-order valence-corrected chi connectivity index (χ2v) is 15.1. The molecule has 13 heteroatoms. The summed E-state index contributed by atoms with van der Waals surface area (Å²) in [7, 11) is -8.06. The number of sulfone groups is 2. The number of hydrogen-bond donors (Lipinski definition) is 0. The van der Waals surface area contributed by atoms with Gasteiger partial charge in [0.25, 0.3) is 11.5 Å². The van der Waals surface area contributed by atoms with E-state index >= 15 is 0 Å². The van der Waals surface area contributed by atoms with E-state index in [1.165, 1.54) is 53.8 Å². The Hall–Kier alpha value is -3.45. The van der Waals surface area contributed by atoms with Crippen molar-refractivity contribution in [1.82, 2.24) is 9.47 Å². The molecule has 8 nitrogen and oxygen atoms in total. The van der Waals surface area contributed by atoms with Gasteiger partial charge >= 0.3 is 6.18 Å². The maximum atomic E-state index is 13.5. The summed E-state index contributed by atoms with van der Waals surface area (Å²) in [4.78, 5) is 26.4. The number of alkyl halides is 3. The number of nitrogens with zero attached hydrogens (tertiary/aromatic N) is 2. The highest BCUT2D eigenvalue weighted by molar-refractivity contribution is 7.92. The maximum Gasteiger partial charge on any atom is 0.416 e. The zero-order chi connectivity index (χ0) is 30.4. The van der Waals surface area contributed by atoms with E-state index in [0.29, 0.717) is 6.07 Å². The molecule has 0 atom stereocenters. The zero-order valence-corrected chi connectivity index (χ0v) is 24.2. The fourth-order valence-corrected chi connectivity index (χ4v) is 7.81. The van der Waals surface area contributed by atoms with Crippen LogP contribution in [0.1, 0.15) is 42.6 Å². The molecule has 3 aromatic rings. The van der Waals surface area contributed by atoms with Gasteiger partial charge in [0.1, 0.15) is 0 Å². The third-order valence-electron chi connectivity index (χ3n) is 7.63. The smallest absolute Gasteiger partial charge is 0.339 e. The van der Waals surface area contributed by atoms with E-state index in [4.69, 9.17) is 0 Å². The van der Waals surface area contributed by atoms with Gasteiger partial charge in [-0.05, 0) is 75.1 Å². The van der Waals surface area contributed by atoms with Crippen LogP contribution in [0, 0.1) is 5.92 Å². The van der Waals surface area contributed by atoms with Gasteiger partial charge in [0.15, 0.2) is 19.7 Å². The van der Waals surface area contributed by atoms with Crippen molar-refractivity contribution in [3.63, 3.8) is 0 Å². The summed E-state index contributed by atoms with van der Waals surface area (Å²) in [5.74, 6) is -1.04. The summed E-state index contributed by atoms with van der Waals surface area (Å²) in [5.41, 5.74) is -1.24. The number of piperidine rings is 1. The molecule has 0 bridgehead atoms. The van der Waals surface area contributed by atoms with Crippen molar-refractivity contribution in [2.75, 3.05) is 19.3 Å². The van der Waals surface area contributed by atoms with Crippen LogP contribution < -0.4 is 5.56 Å². The molecular weight excluding hydrogens is 581 g/mol. The van der Waals surface area contributed by atoms with Crippen LogP contribution >= 0.6 is 0 Å². The number of hydrogen-bond acceptors (Lipinski definition) is 6. The van der Waals surface area contributed by atoms with E-state index in [2.05, 4.69) is 0 Å². The van der Waals surface area contributed by atoms with Crippen molar-refractivity contribution in [3.05, 3.63) is 88.3 Å². The summed E-state index contributed by atoms with van der Waals surface area (Å²) in [6.45, 7) is 3.18. The lowest BCUT2D eigenvalue weighted by atomic mass is 9.85. The Kier molecular flexibility index (Phi) is 8.00. The quantitative estimate of drug-likeness (QED) is 0.410. The number of pyridine rings is 1. The summed E-state index contributed by atoms with van der Waals surface area (Å²) >= 11 is 0. The molecule has 2 heterocycles. The number of benzene rings is 2. The van der Waals surface area contributed by atoms with Crippen LogP contribution in [0.25, 0.3) is 5.69 Å². The van der Waals surface area contributed by atoms with E-state index in [9.17, 15) is 39.6 Å². The van der Waals surface area contributed by atoms with Crippen molar-refractivity contribution in [2.24, 2.45) is 5.92 Å². The number of aromatic nitrogens is 1. The number of carbonyl (C=O) groups is 1. The van der Waals surface area contributed by atoms with Crippen molar-refractivity contribution in [2.45, 2.75) is 47.4 Å². The molecule has 220 valence electrons. The predicted octanol–water partition coefficient (Wildman–Crippen LogP) is 4.36. The first-order valence-corrected chi connectivity index (χ1v) is 16.1. The molecule has 1 amide bonds. The second kappa shape index (κ2) is 10.8. The molecule has 1 aromatic heterocycles. The average molecular weight is 611 g/mol. The monoisotopic (exact) mass is 610 g/mol. The Morgan fingerprint density at radius 1 is 0.902 bits per heavy atom. The van der Waals surface area contributed by atoms with Crippen LogP contribution in [0.3, 0.4) is 0 Å². The zero-order valence-electron chi connectivity index (χ0n) is 22.6. The second-order valence-electron chi connectivity index (χ2n) is 10.6. The fourth-order valence-electron chi connectivity index (χ4n) is 5.10. The number of amides is 1. The van der Waals surface area contributed by atoms with Gasteiger partial charge in [-0.1, -0.05) is 12.1 Å². The van der Waals surface area contributed by atoms with Crippen molar-refractivity contribution in [1.29, 1.82) is 0 Å². The Morgan fingerprint density at radius 3 is 2.15 bits per heavy atom. The lowest BCUT2D eigenvalue weighted by Crippen LogP contribution is -2.47. The molecule has 0 spiro atoms. The molecule has 2 aromatic carbocycles. The highest BCUT2D eigenvalue weighted by Gasteiger charge is 2.45. The average Bonchev–Trinajstić information content (AvgIpc) is 2.91. The standard InChI is InChI=1S/C28H29F3N2O6S2/c1-27(2,41(38,39)22-8-6-7-20(17-22)28(29,30)31)19-12-15-32(16-13-19)26(35)23-11-10-21(18-24(23)40(3,36)37)33-14-5-4-9-25(33)34/h4-11,14,17-19H,12-13,15-16H2,1-3H3. The molecule has 1 saturated heterocycles. The largest absolute Gasteiger partial charge is 0.416 e. The molecule has 4 rings (SSSR count). The van der Waals surface area contributed by atoms with Crippen LogP contribution in [0.2, 0.25) is 0 Å². The van der Waals surface area contributed by atoms with Crippen LogP contribution in [0.15, 0.2) is 81.4 Å². The van der Waals surface area contributed by atoms with Crippen LogP contribution in [-0.4, -0.2) is 56.3 Å². The first kappa shape index (κ1) is 30.5. The van der Waals surface area contributed by atoms with Crippen LogP contribution in [0.4, 0.5) is 13.2 Å². The molecule has 41 heavy (non-hydrogen) atoms. The normalized spacial score (nSPS) is 15.6. The van der Waals surface area contributed by atoms with Crippen molar-refractivity contribution >= 4 is 25.6 Å². The minimum atomic E-state index is -4.69. The molecule has 1 fully saturated rings. The summed E-state index contributed by atoms with van der Waals surface area (Å²) in [5, 5.41) is 0. The van der Waals surface area contributed by atoms with E-state index < -0.39 is 52.9 Å². The number of rotatable bonds is 6. The summed E-state index contributed by atoms with van der Waals surface area (Å²) in [6, 6.07) is 12.2. The van der Waals surface area contributed by atoms with E-state index in [1.54, 1.807) is 12.1 Å². The van der Waals surface area contributed by atoms with Gasteiger partial charge in [-0.25, -0.2) is 16.8 Å². The van der Waals surface area contributed by atoms with E-state index in [1.807, 2.05) is 0 Å². The maximum absolute atomic E-state index is 13.5. The van der Waals surface area contributed by atoms with E-state index in [-0.39, 0.29) is 47.6 Å². The SMILES string of the molecule is CC(C)(C1CCN(C(=O)c2ccc(-n3ccccc3=O)cc2S(C)(=O)=O)CC1)S(=O)(=O)c1cccc(C(F)(F)F)c1. The first-order chi connectivity index (χ1) is 18.9. The molecule has 1 aliphatic heterocycles. The molecular formula is C28H29F3N2O6S2. The Balaban J connectivity index is 1.57. The lowest BCUT2D eigenvalue weighted by Gasteiger charge is -2.40. The highest BCUT2D eigenvalue weighted by atomic mass is 32.2. The molecule has 0 radical (unpaired) electrons. The molecule has 0 saturated carbocycles. The van der Waals surface area contributed by atoms with Gasteiger partial charge in [-0.15, -0.1) is 0 Å². The van der Waals surface area contributed by atoms with Crippen molar-refractivity contribution < 1.29 is 34.8 Å². The van der Waals surface area contributed by atoms with Gasteiger partial charge in [0.2, 0.25) is 0 Å². The predicted molar refractivity (Wildman–Crippen MR) is 146 cm³/mol. The third kappa shape index (κ3) is 5.96. The number of halogens is 3. The Bertz CT molecular complexity index is 1760. The summed E-state index contributed by atoms with van der Waals surface area (Å²) in [6.07, 6.45) is -1.78. The molecule has 0 N–H and O–H groups in total. The van der Waals surface area contributed by atoms with Gasteiger partial charge in [0.05, 0.1) is 25.7 Å². The first-order valence-electron chi connectivity index (χ1n) is 12.7. The van der Waals surface area contributed by atoms with Gasteiger partial charge < -0.3 is 4.90 Å². The number of carbonyl (C=O) groups excluding carboxylic acids is 1. The minimum absolute atomic E-state index is 0.0745. The Labute approximate surface area is 236 Å². The number of likely N-dealkylation sites (tertiary alicyclic amines) is 1. The highest BCUT2D eigenvalue weighted by Crippen LogP contribution is 2.40. The van der Waals surface area contributed by atoms with Crippen LogP contribution in [0.5, 0.6) is 0 Å². The van der Waals surface area contributed by atoms with Gasteiger partial charge in [-0.3, -0.25) is 14.2 Å². The topological polar surface area (TPSA) is 111 Å². The van der Waals surface area contributed by atoms with Gasteiger partial charge in [-0.2, -0.15) is 13.2 Å². The van der Waals surface area contributed by atoms with Gasteiger partial charge in [0, 0.05) is 37.3 Å². The fraction of sp³-hybridized carbons (Fsp3) is 0.357. The van der Waals surface area contributed by atoms with Crippen molar-refractivity contribution in [3.8, 4) is 5.69 Å². The lowest BCUT2D eigenvalue weighted by molar-refractivity contribution is -0.137.